The van der Waals surface area contributed by atoms with Gasteiger partial charge in [-0.3, -0.25) is 4.79 Å². The number of hydrogen-bond donors (Lipinski definition) is 0. The van der Waals surface area contributed by atoms with E-state index in [9.17, 15) is 4.79 Å². The predicted octanol–water partition coefficient (Wildman–Crippen LogP) is 4.11. The van der Waals surface area contributed by atoms with Crippen LogP contribution < -0.4 is 9.47 Å². The zero-order valence-corrected chi connectivity index (χ0v) is 16.5. The summed E-state index contributed by atoms with van der Waals surface area (Å²) in [5.41, 5.74) is 1.42. The van der Waals surface area contributed by atoms with Crippen molar-refractivity contribution in [3.63, 3.8) is 0 Å². The van der Waals surface area contributed by atoms with Crippen molar-refractivity contribution in [1.82, 2.24) is 0 Å². The Labute approximate surface area is 160 Å². The van der Waals surface area contributed by atoms with Crippen LogP contribution in [0.1, 0.15) is 18.9 Å². The second-order valence-electron chi connectivity index (χ2n) is 6.12. The monoisotopic (exact) mass is 370 g/mol. The fourth-order valence-corrected chi connectivity index (χ4v) is 3.16. The molecule has 0 spiro atoms. The molecule has 0 heterocycles. The van der Waals surface area contributed by atoms with Gasteiger partial charge in [-0.1, -0.05) is 18.2 Å². The SMILES string of the molecule is C=CCC1=C[C@](OC)(/C(C)=C/c2ccc(OC)c(OC)c2)C(OC)=CC1=O. The Balaban J connectivity index is 2.56. The zero-order chi connectivity index (χ0) is 20.0. The number of benzene rings is 1. The fraction of sp³-hybridized carbons (Fsp3) is 0.318. The van der Waals surface area contributed by atoms with E-state index in [1.165, 1.54) is 13.2 Å². The van der Waals surface area contributed by atoms with Crippen LogP contribution >= 0.6 is 0 Å². The Kier molecular flexibility index (Phi) is 6.64. The van der Waals surface area contributed by atoms with Gasteiger partial charge in [0, 0.05) is 18.8 Å². The Morgan fingerprint density at radius 1 is 1.11 bits per heavy atom. The molecule has 0 aromatic heterocycles. The number of methoxy groups -OCH3 is 4. The number of ketones is 1. The van der Waals surface area contributed by atoms with E-state index in [0.29, 0.717) is 29.3 Å². The first-order chi connectivity index (χ1) is 12.9. The van der Waals surface area contributed by atoms with Crippen LogP contribution in [0, 0.1) is 0 Å². The molecule has 1 aromatic carbocycles. The number of hydrogen-bond acceptors (Lipinski definition) is 5. The third-order valence-corrected chi connectivity index (χ3v) is 4.60. The first-order valence-electron chi connectivity index (χ1n) is 8.54. The van der Waals surface area contributed by atoms with Gasteiger partial charge in [0.25, 0.3) is 0 Å². The molecule has 0 amide bonds. The van der Waals surface area contributed by atoms with E-state index in [-0.39, 0.29) is 5.78 Å². The highest BCUT2D eigenvalue weighted by Crippen LogP contribution is 2.38. The largest absolute Gasteiger partial charge is 0.497 e. The molecule has 5 heteroatoms. The van der Waals surface area contributed by atoms with Crippen LogP contribution in [0.3, 0.4) is 0 Å². The lowest BCUT2D eigenvalue weighted by molar-refractivity contribution is -0.112. The maximum atomic E-state index is 12.3. The highest BCUT2D eigenvalue weighted by molar-refractivity contribution is 6.06. The fourth-order valence-electron chi connectivity index (χ4n) is 3.16. The molecular weight excluding hydrogens is 344 g/mol. The Morgan fingerprint density at radius 3 is 2.37 bits per heavy atom. The lowest BCUT2D eigenvalue weighted by Crippen LogP contribution is -2.37. The summed E-state index contributed by atoms with van der Waals surface area (Å²) in [6.07, 6.45) is 7.41. The van der Waals surface area contributed by atoms with Crippen molar-refractivity contribution >= 4 is 11.9 Å². The molecular formula is C22H26O5. The van der Waals surface area contributed by atoms with E-state index in [2.05, 4.69) is 6.58 Å². The lowest BCUT2D eigenvalue weighted by Gasteiger charge is -2.35. The van der Waals surface area contributed by atoms with E-state index in [0.717, 1.165) is 11.1 Å². The highest BCUT2D eigenvalue weighted by atomic mass is 16.5. The number of carbonyl (C=O) groups excluding carboxylic acids is 1. The molecule has 2 rings (SSSR count). The third kappa shape index (κ3) is 3.98. The first kappa shape index (κ1) is 20.5. The molecule has 0 saturated heterocycles. The summed E-state index contributed by atoms with van der Waals surface area (Å²) in [5, 5.41) is 0. The molecule has 0 N–H and O–H groups in total. The normalized spacial score (nSPS) is 19.9. The molecule has 0 bridgehead atoms. The van der Waals surface area contributed by atoms with E-state index in [1.807, 2.05) is 37.3 Å². The molecule has 0 radical (unpaired) electrons. The maximum absolute atomic E-state index is 12.3. The van der Waals surface area contributed by atoms with Crippen molar-refractivity contribution < 1.29 is 23.7 Å². The minimum atomic E-state index is -0.964. The van der Waals surface area contributed by atoms with Crippen LogP contribution in [0.15, 0.2) is 59.9 Å². The zero-order valence-electron chi connectivity index (χ0n) is 16.5. The van der Waals surface area contributed by atoms with Gasteiger partial charge in [0.05, 0.1) is 21.3 Å². The molecule has 1 atom stereocenters. The summed E-state index contributed by atoms with van der Waals surface area (Å²) in [7, 11) is 6.32. The molecule has 0 unspecified atom stereocenters. The molecule has 27 heavy (non-hydrogen) atoms. The van der Waals surface area contributed by atoms with Crippen LogP contribution in [-0.2, 0) is 14.3 Å². The third-order valence-electron chi connectivity index (χ3n) is 4.60. The first-order valence-corrected chi connectivity index (χ1v) is 8.54. The standard InChI is InChI=1S/C22H26O5/c1-7-8-17-14-22(27-6,21(26-5)13-18(17)23)15(2)11-16-9-10-19(24-3)20(12-16)25-4/h7,9-14H,1,8H2,2-6H3/b15-11+/t22-/m0/s1. The average molecular weight is 370 g/mol. The van der Waals surface area contributed by atoms with Gasteiger partial charge in [-0.05, 0) is 42.7 Å². The molecule has 144 valence electrons. The van der Waals surface area contributed by atoms with E-state index in [4.69, 9.17) is 18.9 Å². The van der Waals surface area contributed by atoms with Gasteiger partial charge < -0.3 is 18.9 Å². The van der Waals surface area contributed by atoms with Gasteiger partial charge in [0.2, 0.25) is 0 Å². The topological polar surface area (TPSA) is 54.0 Å². The number of carbonyl (C=O) groups is 1. The molecule has 1 aliphatic carbocycles. The van der Waals surface area contributed by atoms with Gasteiger partial charge in [-0.15, -0.1) is 6.58 Å². The molecule has 0 fully saturated rings. The van der Waals surface area contributed by atoms with Gasteiger partial charge in [-0.2, -0.15) is 0 Å². The highest BCUT2D eigenvalue weighted by Gasteiger charge is 2.40. The van der Waals surface area contributed by atoms with E-state index in [1.54, 1.807) is 27.4 Å². The average Bonchev–Trinajstić information content (AvgIpc) is 2.69. The molecule has 0 saturated carbocycles. The van der Waals surface area contributed by atoms with Crippen LogP contribution in [-0.4, -0.2) is 39.8 Å². The van der Waals surface area contributed by atoms with Crippen LogP contribution in [0.2, 0.25) is 0 Å². The summed E-state index contributed by atoms with van der Waals surface area (Å²) < 4.78 is 22.0. The lowest BCUT2D eigenvalue weighted by atomic mass is 9.82. The minimum absolute atomic E-state index is 0.0988. The Morgan fingerprint density at radius 2 is 1.81 bits per heavy atom. The number of allylic oxidation sites excluding steroid dienone is 3. The van der Waals surface area contributed by atoms with Crippen molar-refractivity contribution in [3.05, 3.63) is 65.5 Å². The summed E-state index contributed by atoms with van der Waals surface area (Å²) >= 11 is 0. The summed E-state index contributed by atoms with van der Waals surface area (Å²) in [6, 6.07) is 5.64. The van der Waals surface area contributed by atoms with Gasteiger partial charge in [0.1, 0.15) is 5.76 Å². The van der Waals surface area contributed by atoms with E-state index < -0.39 is 5.60 Å². The smallest absolute Gasteiger partial charge is 0.185 e. The Hall–Kier alpha value is -2.79. The summed E-state index contributed by atoms with van der Waals surface area (Å²) in [6.45, 7) is 5.66. The van der Waals surface area contributed by atoms with Crippen molar-refractivity contribution in [2.75, 3.05) is 28.4 Å². The molecule has 1 aromatic rings. The maximum Gasteiger partial charge on any atom is 0.185 e. The quantitative estimate of drug-likeness (QED) is 0.645. The van der Waals surface area contributed by atoms with Crippen molar-refractivity contribution in [1.29, 1.82) is 0 Å². The number of ether oxygens (including phenoxy) is 4. The number of rotatable bonds is 8. The predicted molar refractivity (Wildman–Crippen MR) is 106 cm³/mol. The Bertz CT molecular complexity index is 816. The molecule has 1 aliphatic rings. The van der Waals surface area contributed by atoms with Gasteiger partial charge >= 0.3 is 0 Å². The molecule has 5 nitrogen and oxygen atoms in total. The van der Waals surface area contributed by atoms with Crippen molar-refractivity contribution in [2.24, 2.45) is 0 Å². The summed E-state index contributed by atoms with van der Waals surface area (Å²) in [4.78, 5) is 12.3. The van der Waals surface area contributed by atoms with Crippen molar-refractivity contribution in [2.45, 2.75) is 18.9 Å². The van der Waals surface area contributed by atoms with Crippen LogP contribution in [0.4, 0.5) is 0 Å². The second kappa shape index (κ2) is 8.73. The van der Waals surface area contributed by atoms with Crippen molar-refractivity contribution in [3.8, 4) is 11.5 Å². The molecule has 0 aliphatic heterocycles. The van der Waals surface area contributed by atoms with Gasteiger partial charge in [-0.25, -0.2) is 0 Å². The minimum Gasteiger partial charge on any atom is -0.497 e. The van der Waals surface area contributed by atoms with Gasteiger partial charge in [0.15, 0.2) is 22.9 Å². The second-order valence-corrected chi connectivity index (χ2v) is 6.12. The van der Waals surface area contributed by atoms with Crippen LogP contribution in [0.5, 0.6) is 11.5 Å². The summed E-state index contributed by atoms with van der Waals surface area (Å²) in [5.74, 6) is 1.63. The van der Waals surface area contributed by atoms with E-state index >= 15 is 0 Å². The van der Waals surface area contributed by atoms with Crippen LogP contribution in [0.25, 0.3) is 6.08 Å².